The second-order valence-electron chi connectivity index (χ2n) is 3.43. The molecule has 0 saturated carbocycles. The number of benzene rings is 1. The smallest absolute Gasteiger partial charge is 0.305 e. The Morgan fingerprint density at radius 1 is 1.33 bits per heavy atom. The first-order valence-corrected chi connectivity index (χ1v) is 5.02. The number of hydrogen-bond acceptors (Lipinski definition) is 2. The van der Waals surface area contributed by atoms with Gasteiger partial charge >= 0.3 is 5.97 Å². The molecule has 2 heteroatoms. The number of carbonyl (C=O) groups excluding carboxylic acids is 1. The quantitative estimate of drug-likeness (QED) is 0.705. The molecule has 0 heterocycles. The van der Waals surface area contributed by atoms with Crippen molar-refractivity contribution < 1.29 is 9.53 Å². The first-order chi connectivity index (χ1) is 7.22. The van der Waals surface area contributed by atoms with Crippen LogP contribution >= 0.6 is 0 Å². The van der Waals surface area contributed by atoms with Crippen molar-refractivity contribution in [2.75, 3.05) is 7.11 Å². The van der Waals surface area contributed by atoms with E-state index < -0.39 is 0 Å². The van der Waals surface area contributed by atoms with Gasteiger partial charge in [0.1, 0.15) is 0 Å². The molecular weight excluding hydrogens is 188 g/mol. The minimum absolute atomic E-state index is 0.163. The van der Waals surface area contributed by atoms with Gasteiger partial charge in [-0.2, -0.15) is 0 Å². The van der Waals surface area contributed by atoms with Crippen LogP contribution in [0.5, 0.6) is 0 Å². The summed E-state index contributed by atoms with van der Waals surface area (Å²) >= 11 is 0. The van der Waals surface area contributed by atoms with Gasteiger partial charge < -0.3 is 4.74 Å². The van der Waals surface area contributed by atoms with Crippen molar-refractivity contribution in [2.45, 2.75) is 19.8 Å². The number of methoxy groups -OCH3 is 1. The van der Waals surface area contributed by atoms with E-state index in [9.17, 15) is 4.79 Å². The normalized spacial score (nSPS) is 10.5. The Morgan fingerprint density at radius 2 is 2.00 bits per heavy atom. The lowest BCUT2D eigenvalue weighted by atomic mass is 10.1. The molecule has 0 bridgehead atoms. The van der Waals surface area contributed by atoms with Gasteiger partial charge in [0.15, 0.2) is 0 Å². The zero-order valence-electron chi connectivity index (χ0n) is 9.19. The topological polar surface area (TPSA) is 26.3 Å². The number of esters is 1. The SMILES string of the molecule is COC(=O)CC/C=C/c1ccc(C)cc1. The Bertz CT molecular complexity index is 336. The molecule has 0 unspecified atom stereocenters. The van der Waals surface area contributed by atoms with Gasteiger partial charge in [0, 0.05) is 6.42 Å². The summed E-state index contributed by atoms with van der Waals surface area (Å²) < 4.78 is 4.55. The van der Waals surface area contributed by atoms with Crippen molar-refractivity contribution in [3.05, 3.63) is 41.5 Å². The molecule has 1 aromatic rings. The lowest BCUT2D eigenvalue weighted by Gasteiger charge is -1.95. The second kappa shape index (κ2) is 6.02. The summed E-state index contributed by atoms with van der Waals surface area (Å²) in [6, 6.07) is 8.26. The molecule has 0 N–H and O–H groups in total. The zero-order chi connectivity index (χ0) is 11.1. The molecule has 2 nitrogen and oxygen atoms in total. The Kier molecular flexibility index (Phi) is 4.61. The number of ether oxygens (including phenoxy) is 1. The minimum Gasteiger partial charge on any atom is -0.469 e. The van der Waals surface area contributed by atoms with Gasteiger partial charge in [0.2, 0.25) is 0 Å². The fourth-order valence-electron chi connectivity index (χ4n) is 1.20. The highest BCUT2D eigenvalue weighted by Gasteiger charge is 1.95. The van der Waals surface area contributed by atoms with Crippen LogP contribution in [0.2, 0.25) is 0 Å². The van der Waals surface area contributed by atoms with E-state index in [2.05, 4.69) is 35.9 Å². The molecule has 1 aromatic carbocycles. The molecule has 15 heavy (non-hydrogen) atoms. The maximum atomic E-state index is 10.8. The zero-order valence-corrected chi connectivity index (χ0v) is 9.19. The van der Waals surface area contributed by atoms with Gasteiger partial charge in [0.25, 0.3) is 0 Å². The Hall–Kier alpha value is -1.57. The fraction of sp³-hybridized carbons (Fsp3) is 0.308. The third-order valence-corrected chi connectivity index (χ3v) is 2.13. The van der Waals surface area contributed by atoms with Crippen LogP contribution in [0.15, 0.2) is 30.3 Å². The standard InChI is InChI=1S/C13H16O2/c1-11-7-9-12(10-8-11)5-3-4-6-13(14)15-2/h3,5,7-10H,4,6H2,1-2H3/b5-3+. The lowest BCUT2D eigenvalue weighted by Crippen LogP contribution is -1.97. The number of aryl methyl sites for hydroxylation is 1. The van der Waals surface area contributed by atoms with E-state index in [4.69, 9.17) is 0 Å². The number of rotatable bonds is 4. The third-order valence-electron chi connectivity index (χ3n) is 2.13. The summed E-state index contributed by atoms with van der Waals surface area (Å²) in [7, 11) is 1.41. The van der Waals surface area contributed by atoms with Crippen molar-refractivity contribution in [3.8, 4) is 0 Å². The average Bonchev–Trinajstić information content (AvgIpc) is 2.26. The van der Waals surface area contributed by atoms with Crippen LogP contribution in [0.3, 0.4) is 0 Å². The van der Waals surface area contributed by atoms with E-state index >= 15 is 0 Å². The minimum atomic E-state index is -0.163. The molecule has 0 atom stereocenters. The summed E-state index contributed by atoms with van der Waals surface area (Å²) in [5, 5.41) is 0. The molecule has 0 aliphatic carbocycles. The summed E-state index contributed by atoms with van der Waals surface area (Å²) in [5.74, 6) is -0.163. The first kappa shape index (κ1) is 11.5. The Balaban J connectivity index is 2.38. The molecule has 0 spiro atoms. The van der Waals surface area contributed by atoms with E-state index in [-0.39, 0.29) is 5.97 Å². The predicted octanol–water partition coefficient (Wildman–Crippen LogP) is 2.96. The second-order valence-corrected chi connectivity index (χ2v) is 3.43. The molecule has 0 radical (unpaired) electrons. The van der Waals surface area contributed by atoms with Crippen molar-refractivity contribution >= 4 is 12.0 Å². The summed E-state index contributed by atoms with van der Waals surface area (Å²) in [6.07, 6.45) is 5.17. The van der Waals surface area contributed by atoms with Crippen molar-refractivity contribution in [1.29, 1.82) is 0 Å². The van der Waals surface area contributed by atoms with Crippen LogP contribution < -0.4 is 0 Å². The number of allylic oxidation sites excluding steroid dienone is 1. The van der Waals surface area contributed by atoms with Gasteiger partial charge in [0.05, 0.1) is 7.11 Å². The molecule has 0 aliphatic rings. The maximum Gasteiger partial charge on any atom is 0.305 e. The highest BCUT2D eigenvalue weighted by atomic mass is 16.5. The molecule has 0 aromatic heterocycles. The Labute approximate surface area is 90.6 Å². The van der Waals surface area contributed by atoms with Crippen LogP contribution in [0.4, 0.5) is 0 Å². The summed E-state index contributed by atoms with van der Waals surface area (Å²) in [5.41, 5.74) is 2.41. The van der Waals surface area contributed by atoms with Crippen LogP contribution in [0.25, 0.3) is 6.08 Å². The molecule has 1 rings (SSSR count). The van der Waals surface area contributed by atoms with E-state index in [0.29, 0.717) is 6.42 Å². The average molecular weight is 204 g/mol. The third kappa shape index (κ3) is 4.45. The summed E-state index contributed by atoms with van der Waals surface area (Å²) in [4.78, 5) is 10.8. The van der Waals surface area contributed by atoms with Gasteiger partial charge in [-0.25, -0.2) is 0 Å². The van der Waals surface area contributed by atoms with Crippen LogP contribution in [-0.2, 0) is 9.53 Å². The molecule has 0 fully saturated rings. The molecule has 80 valence electrons. The van der Waals surface area contributed by atoms with Crippen LogP contribution in [-0.4, -0.2) is 13.1 Å². The summed E-state index contributed by atoms with van der Waals surface area (Å²) in [6.45, 7) is 2.06. The molecule has 0 amide bonds. The molecule has 0 aliphatic heterocycles. The van der Waals surface area contributed by atoms with Gasteiger partial charge in [-0.15, -0.1) is 0 Å². The van der Waals surface area contributed by atoms with E-state index in [1.807, 2.05) is 12.2 Å². The predicted molar refractivity (Wildman–Crippen MR) is 61.5 cm³/mol. The van der Waals surface area contributed by atoms with Crippen molar-refractivity contribution in [1.82, 2.24) is 0 Å². The number of carbonyl (C=O) groups is 1. The van der Waals surface area contributed by atoms with Crippen LogP contribution in [0.1, 0.15) is 24.0 Å². The molecule has 0 saturated heterocycles. The fourth-order valence-corrected chi connectivity index (χ4v) is 1.20. The highest BCUT2D eigenvalue weighted by molar-refractivity contribution is 5.69. The van der Waals surface area contributed by atoms with Gasteiger partial charge in [-0.05, 0) is 18.9 Å². The van der Waals surface area contributed by atoms with Crippen molar-refractivity contribution in [3.63, 3.8) is 0 Å². The van der Waals surface area contributed by atoms with E-state index in [1.54, 1.807) is 0 Å². The number of hydrogen-bond donors (Lipinski definition) is 0. The first-order valence-electron chi connectivity index (χ1n) is 5.02. The maximum absolute atomic E-state index is 10.8. The van der Waals surface area contributed by atoms with E-state index in [1.165, 1.54) is 12.7 Å². The van der Waals surface area contributed by atoms with E-state index in [0.717, 1.165) is 12.0 Å². The Morgan fingerprint density at radius 3 is 2.60 bits per heavy atom. The van der Waals surface area contributed by atoms with Gasteiger partial charge in [-0.1, -0.05) is 42.0 Å². The van der Waals surface area contributed by atoms with Crippen molar-refractivity contribution in [2.24, 2.45) is 0 Å². The largest absolute Gasteiger partial charge is 0.469 e. The highest BCUT2D eigenvalue weighted by Crippen LogP contribution is 2.06. The lowest BCUT2D eigenvalue weighted by molar-refractivity contribution is -0.140. The monoisotopic (exact) mass is 204 g/mol. The molecular formula is C13H16O2. The van der Waals surface area contributed by atoms with Crippen LogP contribution in [0, 0.1) is 6.92 Å². The van der Waals surface area contributed by atoms with Gasteiger partial charge in [-0.3, -0.25) is 4.79 Å².